The molecule has 19 heavy (non-hydrogen) atoms. The van der Waals surface area contributed by atoms with Crippen molar-refractivity contribution >= 4 is 27.7 Å². The highest BCUT2D eigenvalue weighted by molar-refractivity contribution is 9.10. The minimum absolute atomic E-state index is 0.126. The average molecular weight is 329 g/mol. The molecule has 102 valence electrons. The lowest BCUT2D eigenvalue weighted by Gasteiger charge is -2.33. The van der Waals surface area contributed by atoms with Crippen molar-refractivity contribution in [3.8, 4) is 0 Å². The number of hydrogen-bond donors (Lipinski definition) is 0. The first kappa shape index (κ1) is 14.0. The second kappa shape index (κ2) is 5.69. The van der Waals surface area contributed by atoms with E-state index in [0.29, 0.717) is 29.7 Å². The fourth-order valence-corrected chi connectivity index (χ4v) is 2.36. The quantitative estimate of drug-likeness (QED) is 0.793. The highest BCUT2D eigenvalue weighted by Crippen LogP contribution is 2.18. The van der Waals surface area contributed by atoms with Crippen molar-refractivity contribution in [2.24, 2.45) is 0 Å². The first-order valence-electron chi connectivity index (χ1n) is 6.05. The van der Waals surface area contributed by atoms with E-state index >= 15 is 0 Å². The average Bonchev–Trinajstić information content (AvgIpc) is 2.38. The van der Waals surface area contributed by atoms with E-state index in [2.05, 4.69) is 15.9 Å². The first-order chi connectivity index (χ1) is 9.02. The maximum Gasteiger partial charge on any atom is 0.312 e. The molecule has 1 aliphatic rings. The summed E-state index contributed by atoms with van der Waals surface area (Å²) >= 11 is 3.18. The third-order valence-corrected chi connectivity index (χ3v) is 3.65. The van der Waals surface area contributed by atoms with Gasteiger partial charge >= 0.3 is 11.8 Å². The molecule has 4 nitrogen and oxygen atoms in total. The summed E-state index contributed by atoms with van der Waals surface area (Å²) in [6, 6.07) is 4.68. The number of piperazine rings is 1. The van der Waals surface area contributed by atoms with E-state index < -0.39 is 11.8 Å². The van der Waals surface area contributed by atoms with Crippen molar-refractivity contribution in [1.82, 2.24) is 9.80 Å². The molecule has 0 spiro atoms. The number of halogens is 2. The highest BCUT2D eigenvalue weighted by Gasteiger charge is 2.31. The van der Waals surface area contributed by atoms with Gasteiger partial charge in [-0.2, -0.15) is 0 Å². The van der Waals surface area contributed by atoms with Crippen LogP contribution in [0.15, 0.2) is 22.7 Å². The Morgan fingerprint density at radius 1 is 1.21 bits per heavy atom. The molecule has 0 N–H and O–H groups in total. The highest BCUT2D eigenvalue weighted by atomic mass is 79.9. The Morgan fingerprint density at radius 3 is 2.47 bits per heavy atom. The van der Waals surface area contributed by atoms with E-state index in [1.54, 1.807) is 12.1 Å². The fraction of sp³-hybridized carbons (Fsp3) is 0.385. The summed E-state index contributed by atoms with van der Waals surface area (Å²) in [5.74, 6) is -1.45. The Labute approximate surface area is 119 Å². The zero-order valence-electron chi connectivity index (χ0n) is 10.5. The van der Waals surface area contributed by atoms with E-state index in [0.717, 1.165) is 0 Å². The van der Waals surface area contributed by atoms with Gasteiger partial charge in [-0.05, 0) is 19.1 Å². The lowest BCUT2D eigenvalue weighted by Crippen LogP contribution is -2.53. The van der Waals surface area contributed by atoms with Crippen LogP contribution in [-0.4, -0.2) is 41.2 Å². The number of benzene rings is 1. The van der Waals surface area contributed by atoms with Gasteiger partial charge in [0, 0.05) is 36.2 Å². The molecule has 0 aromatic heterocycles. The normalized spacial score (nSPS) is 16.2. The van der Waals surface area contributed by atoms with Gasteiger partial charge < -0.3 is 9.80 Å². The van der Waals surface area contributed by atoms with Gasteiger partial charge in [-0.25, -0.2) is 4.39 Å². The van der Waals surface area contributed by atoms with Crippen LogP contribution < -0.4 is 0 Å². The standard InChI is InChI=1S/C13H14BrFN2O2/c1-2-16-5-6-17(13(19)12(16)18)8-9-3-4-10(14)7-11(9)15/h3-4,7H,2,5-6,8H2,1H3. The zero-order chi connectivity index (χ0) is 14.0. The molecule has 1 aliphatic heterocycles. The molecule has 0 bridgehead atoms. The second-order valence-corrected chi connectivity index (χ2v) is 5.26. The summed E-state index contributed by atoms with van der Waals surface area (Å²) in [4.78, 5) is 26.5. The molecular weight excluding hydrogens is 315 g/mol. The lowest BCUT2D eigenvalue weighted by molar-refractivity contribution is -0.156. The van der Waals surface area contributed by atoms with E-state index in [-0.39, 0.29) is 12.4 Å². The topological polar surface area (TPSA) is 40.6 Å². The molecule has 0 atom stereocenters. The van der Waals surface area contributed by atoms with Crippen LogP contribution in [0.3, 0.4) is 0 Å². The fourth-order valence-electron chi connectivity index (χ4n) is 2.02. The summed E-state index contributed by atoms with van der Waals surface area (Å²) in [7, 11) is 0. The van der Waals surface area contributed by atoms with E-state index in [9.17, 15) is 14.0 Å². The maximum absolute atomic E-state index is 13.7. The smallest absolute Gasteiger partial charge is 0.312 e. The number of carbonyl (C=O) groups is 2. The van der Waals surface area contributed by atoms with Crippen LogP contribution in [0.25, 0.3) is 0 Å². The van der Waals surface area contributed by atoms with Crippen molar-refractivity contribution in [1.29, 1.82) is 0 Å². The number of hydrogen-bond acceptors (Lipinski definition) is 2. The predicted molar refractivity (Wildman–Crippen MR) is 71.8 cm³/mol. The Balaban J connectivity index is 2.12. The molecule has 6 heteroatoms. The van der Waals surface area contributed by atoms with E-state index in [1.807, 2.05) is 6.92 Å². The molecule has 2 amide bonds. The molecular formula is C13H14BrFN2O2. The Bertz CT molecular complexity index is 521. The van der Waals surface area contributed by atoms with Gasteiger partial charge in [0.1, 0.15) is 5.82 Å². The summed E-state index contributed by atoms with van der Waals surface area (Å²) in [6.07, 6.45) is 0. The van der Waals surface area contributed by atoms with Gasteiger partial charge in [-0.15, -0.1) is 0 Å². The summed E-state index contributed by atoms with van der Waals surface area (Å²) < 4.78 is 14.4. The largest absolute Gasteiger partial charge is 0.333 e. The van der Waals surface area contributed by atoms with Crippen LogP contribution >= 0.6 is 15.9 Å². The molecule has 0 saturated carbocycles. The summed E-state index contributed by atoms with van der Waals surface area (Å²) in [5.41, 5.74) is 0.411. The summed E-state index contributed by atoms with van der Waals surface area (Å²) in [6.45, 7) is 3.41. The zero-order valence-corrected chi connectivity index (χ0v) is 12.1. The van der Waals surface area contributed by atoms with Crippen LogP contribution in [0.5, 0.6) is 0 Å². The molecule has 1 aromatic rings. The molecule has 1 saturated heterocycles. The third kappa shape index (κ3) is 2.94. The Hall–Kier alpha value is -1.43. The minimum atomic E-state index is -0.560. The van der Waals surface area contributed by atoms with E-state index in [4.69, 9.17) is 0 Å². The molecule has 0 aliphatic carbocycles. The van der Waals surface area contributed by atoms with Crippen molar-refractivity contribution in [2.75, 3.05) is 19.6 Å². The maximum atomic E-state index is 13.7. The number of nitrogens with zero attached hydrogens (tertiary/aromatic N) is 2. The second-order valence-electron chi connectivity index (χ2n) is 4.35. The van der Waals surface area contributed by atoms with Gasteiger partial charge in [0.15, 0.2) is 0 Å². The molecule has 0 unspecified atom stereocenters. The van der Waals surface area contributed by atoms with Gasteiger partial charge in [0.25, 0.3) is 0 Å². The predicted octanol–water partition coefficient (Wildman–Crippen LogP) is 1.78. The van der Waals surface area contributed by atoms with Crippen LogP contribution in [0.1, 0.15) is 12.5 Å². The van der Waals surface area contributed by atoms with Gasteiger partial charge in [0.2, 0.25) is 0 Å². The van der Waals surface area contributed by atoms with Crippen molar-refractivity contribution in [2.45, 2.75) is 13.5 Å². The Kier molecular flexibility index (Phi) is 4.19. The van der Waals surface area contributed by atoms with Gasteiger partial charge in [0.05, 0.1) is 0 Å². The lowest BCUT2D eigenvalue weighted by atomic mass is 10.2. The van der Waals surface area contributed by atoms with Crippen LogP contribution in [0.4, 0.5) is 4.39 Å². The van der Waals surface area contributed by atoms with Crippen molar-refractivity contribution in [3.63, 3.8) is 0 Å². The molecule has 1 aromatic carbocycles. The van der Waals surface area contributed by atoms with Crippen LogP contribution in [0.2, 0.25) is 0 Å². The van der Waals surface area contributed by atoms with Gasteiger partial charge in [-0.1, -0.05) is 22.0 Å². The third-order valence-electron chi connectivity index (χ3n) is 3.16. The van der Waals surface area contributed by atoms with Crippen molar-refractivity contribution in [3.05, 3.63) is 34.1 Å². The number of likely N-dealkylation sites (N-methyl/N-ethyl adjacent to an activating group) is 1. The SMILES string of the molecule is CCN1CCN(Cc2ccc(Br)cc2F)C(=O)C1=O. The molecule has 0 radical (unpaired) electrons. The number of amides is 2. The monoisotopic (exact) mass is 328 g/mol. The summed E-state index contributed by atoms with van der Waals surface area (Å²) in [5, 5.41) is 0. The molecule has 2 rings (SSSR count). The van der Waals surface area contributed by atoms with E-state index in [1.165, 1.54) is 15.9 Å². The molecule has 1 fully saturated rings. The minimum Gasteiger partial charge on any atom is -0.333 e. The van der Waals surface area contributed by atoms with Crippen molar-refractivity contribution < 1.29 is 14.0 Å². The number of carbonyl (C=O) groups excluding carboxylic acids is 2. The van der Waals surface area contributed by atoms with Gasteiger partial charge in [-0.3, -0.25) is 9.59 Å². The number of rotatable bonds is 3. The molecule has 1 heterocycles. The first-order valence-corrected chi connectivity index (χ1v) is 6.84. The Morgan fingerprint density at radius 2 is 1.84 bits per heavy atom. The van der Waals surface area contributed by atoms with Crippen LogP contribution in [0, 0.1) is 5.82 Å². The van der Waals surface area contributed by atoms with Crippen LogP contribution in [-0.2, 0) is 16.1 Å².